The Bertz CT molecular complexity index is 2540. The summed E-state index contributed by atoms with van der Waals surface area (Å²) in [7, 11) is 0. The second kappa shape index (κ2) is 10.1. The molecule has 8 aromatic rings. The number of hydrogen-bond donors (Lipinski definition) is 0. The Morgan fingerprint density at radius 3 is 2.02 bits per heavy atom. The van der Waals surface area contributed by atoms with E-state index in [4.69, 9.17) is 4.99 Å². The molecule has 5 heteroatoms. The molecule has 0 unspecified atom stereocenters. The lowest BCUT2D eigenvalue weighted by atomic mass is 9.93. The maximum Gasteiger partial charge on any atom is 0.130 e. The Morgan fingerprint density at radius 1 is 0.523 bits per heavy atom. The van der Waals surface area contributed by atoms with Crippen molar-refractivity contribution in [2.24, 2.45) is 9.98 Å². The highest BCUT2D eigenvalue weighted by Gasteiger charge is 2.16. The minimum absolute atomic E-state index is 0.505. The third-order valence-corrected chi connectivity index (χ3v) is 10.2. The zero-order valence-corrected chi connectivity index (χ0v) is 25.9. The number of rotatable bonds is 4. The van der Waals surface area contributed by atoms with Gasteiger partial charge in [0.15, 0.2) is 0 Å². The molecular weight excluding hydrogens is 622 g/mol. The molecule has 9 rings (SSSR count). The standard InChI is InChI=1S/C39H24BrN3S/c40-25-12-16-32-33-17-15-28(21-38(33)44-37(32)20-25)43(26-6-2-1-3-7-26)27-13-10-24(11-14-27)34-22-35-31(29-8-4-5-9-30(29)34)18-19-36-39(35)42-23-41-36/h1-22H,23H2. The van der Waals surface area contributed by atoms with Crippen molar-refractivity contribution >= 4 is 86.0 Å². The maximum absolute atomic E-state index is 4.74. The Labute approximate surface area is 266 Å². The summed E-state index contributed by atoms with van der Waals surface area (Å²) < 4.78 is 3.67. The smallest absolute Gasteiger partial charge is 0.130 e. The van der Waals surface area contributed by atoms with Crippen LogP contribution in [0.3, 0.4) is 0 Å². The minimum Gasteiger partial charge on any atom is -0.310 e. The minimum atomic E-state index is 0.505. The van der Waals surface area contributed by atoms with E-state index < -0.39 is 0 Å². The first-order valence-corrected chi connectivity index (χ1v) is 16.2. The molecule has 44 heavy (non-hydrogen) atoms. The summed E-state index contributed by atoms with van der Waals surface area (Å²) in [6.45, 7) is 0.505. The van der Waals surface area contributed by atoms with E-state index in [0.29, 0.717) is 6.67 Å². The zero-order valence-electron chi connectivity index (χ0n) is 23.5. The van der Waals surface area contributed by atoms with Crippen molar-refractivity contribution in [2.45, 2.75) is 0 Å². The van der Waals surface area contributed by atoms with Crippen LogP contribution in [0.15, 0.2) is 148 Å². The van der Waals surface area contributed by atoms with Crippen LogP contribution in [0.1, 0.15) is 0 Å². The molecule has 1 aromatic heterocycles. The van der Waals surface area contributed by atoms with E-state index in [0.717, 1.165) is 37.6 Å². The van der Waals surface area contributed by atoms with Gasteiger partial charge in [-0.2, -0.15) is 0 Å². The number of halogens is 1. The monoisotopic (exact) mass is 645 g/mol. The lowest BCUT2D eigenvalue weighted by molar-refractivity contribution is 1.06. The van der Waals surface area contributed by atoms with Gasteiger partial charge in [0, 0.05) is 47.1 Å². The molecule has 0 bridgehead atoms. The summed E-state index contributed by atoms with van der Waals surface area (Å²) in [6.07, 6.45) is 0. The highest BCUT2D eigenvalue weighted by Crippen LogP contribution is 2.42. The van der Waals surface area contributed by atoms with E-state index in [1.807, 2.05) is 11.3 Å². The Morgan fingerprint density at radius 2 is 1.18 bits per heavy atom. The van der Waals surface area contributed by atoms with Gasteiger partial charge in [0.05, 0.1) is 10.7 Å². The molecule has 0 saturated heterocycles. The van der Waals surface area contributed by atoms with Gasteiger partial charge in [-0.3, -0.25) is 9.98 Å². The van der Waals surface area contributed by atoms with Crippen molar-refractivity contribution in [3.63, 3.8) is 0 Å². The van der Waals surface area contributed by atoms with Crippen LogP contribution in [0.25, 0.3) is 52.8 Å². The molecule has 0 spiro atoms. The molecule has 0 aliphatic carbocycles. The van der Waals surface area contributed by atoms with Gasteiger partial charge in [0.25, 0.3) is 0 Å². The van der Waals surface area contributed by atoms with Crippen molar-refractivity contribution < 1.29 is 0 Å². The molecule has 0 N–H and O–H groups in total. The van der Waals surface area contributed by atoms with Crippen molar-refractivity contribution in [2.75, 3.05) is 11.6 Å². The molecule has 208 valence electrons. The van der Waals surface area contributed by atoms with Crippen LogP contribution in [0, 0.1) is 0 Å². The van der Waals surface area contributed by atoms with E-state index in [1.54, 1.807) is 0 Å². The fourth-order valence-electron chi connectivity index (χ4n) is 6.56. The molecule has 3 nitrogen and oxygen atoms in total. The number of fused-ring (bicyclic) bond motifs is 8. The van der Waals surface area contributed by atoms with Gasteiger partial charge < -0.3 is 4.90 Å². The normalized spacial score (nSPS) is 12.5. The largest absolute Gasteiger partial charge is 0.310 e. The number of anilines is 3. The molecular formula is C39H24BrN3S. The summed E-state index contributed by atoms with van der Waals surface area (Å²) in [6, 6.07) is 48.2. The summed E-state index contributed by atoms with van der Waals surface area (Å²) in [5.74, 6) is 0. The van der Waals surface area contributed by atoms with Gasteiger partial charge in [-0.1, -0.05) is 88.7 Å². The van der Waals surface area contributed by atoms with E-state index in [1.165, 1.54) is 47.5 Å². The number of nitrogens with zero attached hydrogens (tertiary/aromatic N) is 3. The van der Waals surface area contributed by atoms with E-state index in [-0.39, 0.29) is 0 Å². The SMILES string of the molecule is Brc1ccc2c(c1)sc1cc(N(c3ccccc3)c3ccc(-c4cc5c6c(ccc5c5ccccc45)=NCN=6)cc3)ccc12. The second-order valence-electron chi connectivity index (χ2n) is 11.1. The van der Waals surface area contributed by atoms with Crippen LogP contribution >= 0.6 is 27.3 Å². The number of hydrogen-bond acceptors (Lipinski definition) is 4. The number of thiophene rings is 1. The molecule has 0 radical (unpaired) electrons. The molecule has 0 amide bonds. The first-order chi connectivity index (χ1) is 21.7. The highest BCUT2D eigenvalue weighted by molar-refractivity contribution is 9.10. The average Bonchev–Trinajstić information content (AvgIpc) is 3.70. The predicted octanol–water partition coefficient (Wildman–Crippen LogP) is 10.5. The first-order valence-electron chi connectivity index (χ1n) is 14.6. The topological polar surface area (TPSA) is 28.0 Å². The molecule has 2 heterocycles. The Kier molecular flexibility index (Phi) is 5.90. The second-order valence-corrected chi connectivity index (χ2v) is 13.1. The summed E-state index contributed by atoms with van der Waals surface area (Å²) in [5, 5.41) is 9.44. The van der Waals surface area contributed by atoms with Crippen LogP contribution in [0.4, 0.5) is 17.1 Å². The summed E-state index contributed by atoms with van der Waals surface area (Å²) in [4.78, 5) is 11.7. The Balaban J connectivity index is 1.20. The lowest BCUT2D eigenvalue weighted by Gasteiger charge is -2.26. The van der Waals surface area contributed by atoms with Gasteiger partial charge in [-0.05, 0) is 87.9 Å². The fourth-order valence-corrected chi connectivity index (χ4v) is 8.25. The van der Waals surface area contributed by atoms with Crippen molar-refractivity contribution in [3.05, 3.63) is 149 Å². The van der Waals surface area contributed by atoms with Crippen LogP contribution < -0.4 is 15.6 Å². The summed E-state index contributed by atoms with van der Waals surface area (Å²) >= 11 is 5.48. The molecule has 7 aromatic carbocycles. The van der Waals surface area contributed by atoms with Crippen LogP contribution in [0.2, 0.25) is 0 Å². The van der Waals surface area contributed by atoms with Crippen LogP contribution in [-0.4, -0.2) is 6.67 Å². The van der Waals surface area contributed by atoms with E-state index >= 15 is 0 Å². The fraction of sp³-hybridized carbons (Fsp3) is 0.0256. The first kappa shape index (κ1) is 25.6. The number of para-hydroxylation sites is 1. The van der Waals surface area contributed by atoms with Gasteiger partial charge >= 0.3 is 0 Å². The molecule has 0 atom stereocenters. The maximum atomic E-state index is 4.74. The van der Waals surface area contributed by atoms with Gasteiger partial charge in [-0.15, -0.1) is 11.3 Å². The van der Waals surface area contributed by atoms with Crippen molar-refractivity contribution in [3.8, 4) is 11.1 Å². The van der Waals surface area contributed by atoms with Crippen molar-refractivity contribution in [1.29, 1.82) is 0 Å². The molecule has 1 aliphatic heterocycles. The molecule has 0 fully saturated rings. The predicted molar refractivity (Wildman–Crippen MR) is 189 cm³/mol. The molecule has 1 aliphatic rings. The van der Waals surface area contributed by atoms with Crippen molar-refractivity contribution in [1.82, 2.24) is 0 Å². The third-order valence-electron chi connectivity index (χ3n) is 8.59. The Hall–Kier alpha value is -4.84. The quantitative estimate of drug-likeness (QED) is 0.175. The van der Waals surface area contributed by atoms with Crippen LogP contribution in [-0.2, 0) is 0 Å². The van der Waals surface area contributed by atoms with Gasteiger partial charge in [0.1, 0.15) is 6.67 Å². The third kappa shape index (κ3) is 4.08. The van der Waals surface area contributed by atoms with Gasteiger partial charge in [0.2, 0.25) is 0 Å². The number of benzene rings is 7. The molecule has 0 saturated carbocycles. The lowest BCUT2D eigenvalue weighted by Crippen LogP contribution is -2.22. The average molecular weight is 647 g/mol. The van der Waals surface area contributed by atoms with E-state index in [2.05, 4.69) is 159 Å². The highest BCUT2D eigenvalue weighted by atomic mass is 79.9. The summed E-state index contributed by atoms with van der Waals surface area (Å²) in [5.41, 5.74) is 5.76. The van der Waals surface area contributed by atoms with E-state index in [9.17, 15) is 0 Å². The zero-order chi connectivity index (χ0) is 29.2. The van der Waals surface area contributed by atoms with Gasteiger partial charge in [-0.25, -0.2) is 0 Å². The van der Waals surface area contributed by atoms with Crippen LogP contribution in [0.5, 0.6) is 0 Å².